The summed E-state index contributed by atoms with van der Waals surface area (Å²) in [5, 5.41) is 3.17. The lowest BCUT2D eigenvalue weighted by Gasteiger charge is -2.09. The Bertz CT molecular complexity index is 920. The molecule has 1 unspecified atom stereocenters. The number of carbonyl (C=O) groups is 1. The van der Waals surface area contributed by atoms with Crippen molar-refractivity contribution in [3.05, 3.63) is 66.5 Å². The molecule has 0 fully saturated rings. The minimum Gasteiger partial charge on any atom is -0.497 e. The zero-order valence-electron chi connectivity index (χ0n) is 17.2. The van der Waals surface area contributed by atoms with E-state index in [1.807, 2.05) is 48.5 Å². The Hall–Kier alpha value is -3.21. The third-order valence-electron chi connectivity index (χ3n) is 5.10. The summed E-state index contributed by atoms with van der Waals surface area (Å²) >= 11 is 0. The molecule has 0 amide bonds. The van der Waals surface area contributed by atoms with Crippen molar-refractivity contribution in [2.75, 3.05) is 12.4 Å². The highest BCUT2D eigenvalue weighted by atomic mass is 16.5. The number of ether oxygens (including phenoxy) is 1. The fourth-order valence-corrected chi connectivity index (χ4v) is 2.92. The Kier molecular flexibility index (Phi) is 6.95. The molecule has 5 nitrogen and oxygen atoms in total. The maximum Gasteiger partial charge on any atom is 0.227 e. The number of aromatic nitrogens is 2. The number of rotatable bonds is 9. The summed E-state index contributed by atoms with van der Waals surface area (Å²) in [5.74, 6) is 2.10. The van der Waals surface area contributed by atoms with Crippen LogP contribution in [-0.2, 0) is 0 Å². The van der Waals surface area contributed by atoms with Crippen molar-refractivity contribution in [2.24, 2.45) is 5.92 Å². The number of hydrogen-bond donors (Lipinski definition) is 1. The molecule has 0 saturated heterocycles. The van der Waals surface area contributed by atoms with Crippen LogP contribution in [0.3, 0.4) is 0 Å². The predicted octanol–water partition coefficient (Wildman–Crippen LogP) is 5.90. The van der Waals surface area contributed by atoms with Crippen LogP contribution < -0.4 is 10.1 Å². The van der Waals surface area contributed by atoms with Gasteiger partial charge in [-0.05, 0) is 54.3 Å². The van der Waals surface area contributed by atoms with Gasteiger partial charge in [0.25, 0.3) is 0 Å². The maximum atomic E-state index is 12.3. The van der Waals surface area contributed by atoms with E-state index in [-0.39, 0.29) is 5.78 Å². The zero-order valence-corrected chi connectivity index (χ0v) is 17.2. The molecule has 0 radical (unpaired) electrons. The van der Waals surface area contributed by atoms with E-state index < -0.39 is 0 Å². The summed E-state index contributed by atoms with van der Waals surface area (Å²) in [6.07, 6.45) is 6.20. The quantitative estimate of drug-likeness (QED) is 0.461. The molecule has 1 heterocycles. The minimum atomic E-state index is 0.192. The number of carbonyl (C=O) groups excluding carboxylic acids is 1. The van der Waals surface area contributed by atoms with Gasteiger partial charge in [-0.15, -0.1) is 0 Å². The van der Waals surface area contributed by atoms with Crippen molar-refractivity contribution in [1.29, 1.82) is 0 Å². The van der Waals surface area contributed by atoms with Gasteiger partial charge >= 0.3 is 0 Å². The van der Waals surface area contributed by atoms with Crippen molar-refractivity contribution in [3.63, 3.8) is 0 Å². The highest BCUT2D eigenvalue weighted by molar-refractivity contribution is 5.96. The number of benzene rings is 2. The molecule has 29 heavy (non-hydrogen) atoms. The van der Waals surface area contributed by atoms with Crippen LogP contribution in [0.1, 0.15) is 43.5 Å². The molecule has 0 saturated carbocycles. The van der Waals surface area contributed by atoms with Crippen LogP contribution in [0.5, 0.6) is 5.75 Å². The summed E-state index contributed by atoms with van der Waals surface area (Å²) in [5.41, 5.74) is 3.55. The molecule has 0 aliphatic rings. The first kappa shape index (κ1) is 20.5. The number of methoxy groups -OCH3 is 1. The molecule has 1 atom stereocenters. The Morgan fingerprint density at radius 3 is 2.24 bits per heavy atom. The van der Waals surface area contributed by atoms with E-state index in [0.717, 1.165) is 41.0 Å². The normalized spacial score (nSPS) is 11.7. The topological polar surface area (TPSA) is 64.1 Å². The molecule has 0 bridgehead atoms. The van der Waals surface area contributed by atoms with Gasteiger partial charge in [0.15, 0.2) is 5.78 Å². The van der Waals surface area contributed by atoms with E-state index in [0.29, 0.717) is 18.3 Å². The lowest BCUT2D eigenvalue weighted by atomic mass is 9.98. The molecule has 5 heteroatoms. The summed E-state index contributed by atoms with van der Waals surface area (Å²) in [7, 11) is 1.65. The largest absolute Gasteiger partial charge is 0.497 e. The Balaban J connectivity index is 1.60. The molecule has 3 aromatic rings. The van der Waals surface area contributed by atoms with Crippen LogP contribution in [0.15, 0.2) is 60.9 Å². The van der Waals surface area contributed by atoms with Crippen molar-refractivity contribution in [1.82, 2.24) is 9.97 Å². The molecule has 0 spiro atoms. The van der Waals surface area contributed by atoms with Crippen LogP contribution in [0.25, 0.3) is 11.1 Å². The van der Waals surface area contributed by atoms with Crippen molar-refractivity contribution < 1.29 is 9.53 Å². The van der Waals surface area contributed by atoms with E-state index >= 15 is 0 Å². The average Bonchev–Trinajstić information content (AvgIpc) is 2.78. The van der Waals surface area contributed by atoms with Gasteiger partial charge in [-0.2, -0.15) is 0 Å². The highest BCUT2D eigenvalue weighted by Gasteiger charge is 2.09. The van der Waals surface area contributed by atoms with E-state index in [4.69, 9.17) is 4.74 Å². The van der Waals surface area contributed by atoms with Gasteiger partial charge in [0.1, 0.15) is 5.75 Å². The van der Waals surface area contributed by atoms with Crippen LogP contribution in [0.2, 0.25) is 0 Å². The molecule has 150 valence electrons. The third kappa shape index (κ3) is 5.64. The summed E-state index contributed by atoms with van der Waals surface area (Å²) in [6, 6.07) is 15.2. The van der Waals surface area contributed by atoms with Gasteiger partial charge in [-0.3, -0.25) is 4.79 Å². The Labute approximate surface area is 172 Å². The van der Waals surface area contributed by atoms with Gasteiger partial charge in [-0.1, -0.05) is 32.4 Å². The number of ketones is 1. The van der Waals surface area contributed by atoms with Gasteiger partial charge in [0, 0.05) is 35.6 Å². The fraction of sp³-hybridized carbons (Fsp3) is 0.292. The van der Waals surface area contributed by atoms with Gasteiger partial charge in [0.2, 0.25) is 5.95 Å². The second-order valence-corrected chi connectivity index (χ2v) is 7.20. The number of nitrogens with zero attached hydrogens (tertiary/aromatic N) is 2. The Morgan fingerprint density at radius 1 is 1.00 bits per heavy atom. The average molecular weight is 389 g/mol. The highest BCUT2D eigenvalue weighted by Crippen LogP contribution is 2.22. The molecule has 0 aliphatic heterocycles. The zero-order chi connectivity index (χ0) is 20.6. The molecule has 3 rings (SSSR count). The molecule has 0 aliphatic carbocycles. The number of Topliss-reactive ketones (excluding diaryl/α,β-unsaturated/α-hetero) is 1. The van der Waals surface area contributed by atoms with Crippen LogP contribution >= 0.6 is 0 Å². The maximum absolute atomic E-state index is 12.3. The minimum absolute atomic E-state index is 0.192. The van der Waals surface area contributed by atoms with E-state index in [9.17, 15) is 4.79 Å². The number of hydrogen-bond acceptors (Lipinski definition) is 5. The first-order valence-corrected chi connectivity index (χ1v) is 9.95. The van der Waals surface area contributed by atoms with Crippen LogP contribution in [0.4, 0.5) is 11.6 Å². The second kappa shape index (κ2) is 9.82. The SMILES string of the molecule is CCC(C)CCC(=O)c1ccc(Nc2ncc(-c3ccc(OC)cc3)cn2)cc1. The van der Waals surface area contributed by atoms with Crippen molar-refractivity contribution in [3.8, 4) is 16.9 Å². The first-order chi connectivity index (χ1) is 14.1. The molecule has 1 N–H and O–H groups in total. The lowest BCUT2D eigenvalue weighted by molar-refractivity contribution is 0.0974. The standard InChI is InChI=1S/C24H27N3O2/c1-4-17(2)5-14-23(28)19-6-10-21(11-7-19)27-24-25-15-20(16-26-24)18-8-12-22(29-3)13-9-18/h6-13,15-17H,4-5,14H2,1-3H3,(H,25,26,27). The second-order valence-electron chi connectivity index (χ2n) is 7.20. The van der Waals surface area contributed by atoms with Crippen LogP contribution in [-0.4, -0.2) is 22.9 Å². The van der Waals surface area contributed by atoms with E-state index in [1.165, 1.54) is 0 Å². The predicted molar refractivity (Wildman–Crippen MR) is 117 cm³/mol. The molecular formula is C24H27N3O2. The summed E-state index contributed by atoms with van der Waals surface area (Å²) < 4.78 is 5.18. The number of anilines is 2. The van der Waals surface area contributed by atoms with E-state index in [1.54, 1.807) is 19.5 Å². The first-order valence-electron chi connectivity index (χ1n) is 9.95. The third-order valence-corrected chi connectivity index (χ3v) is 5.10. The summed E-state index contributed by atoms with van der Waals surface area (Å²) in [6.45, 7) is 4.33. The van der Waals surface area contributed by atoms with Gasteiger partial charge < -0.3 is 10.1 Å². The molecule has 1 aromatic heterocycles. The number of nitrogens with one attached hydrogen (secondary N) is 1. The van der Waals surface area contributed by atoms with Crippen LogP contribution in [0, 0.1) is 5.92 Å². The van der Waals surface area contributed by atoms with Gasteiger partial charge in [0.05, 0.1) is 7.11 Å². The monoisotopic (exact) mass is 389 g/mol. The van der Waals surface area contributed by atoms with E-state index in [2.05, 4.69) is 29.1 Å². The van der Waals surface area contributed by atoms with Gasteiger partial charge in [-0.25, -0.2) is 9.97 Å². The fourth-order valence-electron chi connectivity index (χ4n) is 2.92. The Morgan fingerprint density at radius 2 is 1.66 bits per heavy atom. The molecule has 2 aromatic carbocycles. The smallest absolute Gasteiger partial charge is 0.227 e. The van der Waals surface area contributed by atoms with Crippen molar-refractivity contribution >= 4 is 17.4 Å². The molecular weight excluding hydrogens is 362 g/mol. The lowest BCUT2D eigenvalue weighted by Crippen LogP contribution is -2.03. The summed E-state index contributed by atoms with van der Waals surface area (Å²) in [4.78, 5) is 21.1. The van der Waals surface area contributed by atoms with Crippen molar-refractivity contribution in [2.45, 2.75) is 33.1 Å².